The van der Waals surface area contributed by atoms with Gasteiger partial charge in [-0.3, -0.25) is 0 Å². The average Bonchev–Trinajstić information content (AvgIpc) is 3.72. The number of aliphatic hydroxyl groups is 2. The van der Waals surface area contributed by atoms with Crippen molar-refractivity contribution in [2.75, 3.05) is 31.9 Å². The van der Waals surface area contributed by atoms with Crippen LogP contribution in [0.1, 0.15) is 35.7 Å². The Hall–Kier alpha value is -3.67. The summed E-state index contributed by atoms with van der Waals surface area (Å²) in [6, 6.07) is 20.4. The first-order valence-electron chi connectivity index (χ1n) is 15.0. The highest BCUT2D eigenvalue weighted by Gasteiger charge is 2.43. The summed E-state index contributed by atoms with van der Waals surface area (Å²) in [6.45, 7) is 3.37. The van der Waals surface area contributed by atoms with Crippen molar-refractivity contribution in [2.24, 2.45) is 5.92 Å². The zero-order valence-corrected chi connectivity index (χ0v) is 25.0. The van der Waals surface area contributed by atoms with E-state index in [2.05, 4.69) is 62.4 Å². The molecule has 4 atom stereocenters. The minimum absolute atomic E-state index is 0.0801. The van der Waals surface area contributed by atoms with Gasteiger partial charge < -0.3 is 31.1 Å². The number of hydrogen-bond donors (Lipinski definition) is 5. The largest absolute Gasteiger partial charge is 0.390 e. The van der Waals surface area contributed by atoms with Crippen LogP contribution >= 0.6 is 11.3 Å². The third-order valence-electron chi connectivity index (χ3n) is 8.32. The Labute approximate surface area is 255 Å². The maximum atomic E-state index is 11.2. The molecule has 6 N–H and O–H groups in total. The summed E-state index contributed by atoms with van der Waals surface area (Å²) in [5.41, 5.74) is 11.4. The summed E-state index contributed by atoms with van der Waals surface area (Å²) in [5, 5.41) is 32.7. The van der Waals surface area contributed by atoms with E-state index < -0.39 is 12.2 Å². The average molecular weight is 598 g/mol. The van der Waals surface area contributed by atoms with Crippen LogP contribution in [-0.2, 0) is 12.8 Å². The van der Waals surface area contributed by atoms with Crippen LogP contribution in [0.25, 0.3) is 21.6 Å². The Morgan fingerprint density at radius 2 is 1.65 bits per heavy atom. The highest BCUT2D eigenvalue weighted by molar-refractivity contribution is 7.13. The Morgan fingerprint density at radius 3 is 2.44 bits per heavy atom. The lowest BCUT2D eigenvalue weighted by Gasteiger charge is -2.19. The van der Waals surface area contributed by atoms with E-state index in [1.54, 1.807) is 11.3 Å². The van der Waals surface area contributed by atoms with Crippen LogP contribution in [0.2, 0.25) is 0 Å². The minimum atomic E-state index is -0.920. The number of nitrogen functional groups attached to an aromatic ring is 1. The molecule has 0 radical (unpaired) electrons. The van der Waals surface area contributed by atoms with E-state index >= 15 is 0 Å². The molecule has 10 heteroatoms. The number of benzene rings is 2. The molecule has 0 aliphatic heterocycles. The molecule has 0 saturated heterocycles. The Kier molecular flexibility index (Phi) is 9.40. The molecule has 1 fully saturated rings. The van der Waals surface area contributed by atoms with Crippen molar-refractivity contribution >= 4 is 28.2 Å². The van der Waals surface area contributed by atoms with Gasteiger partial charge in [-0.1, -0.05) is 60.7 Å². The summed E-state index contributed by atoms with van der Waals surface area (Å²) in [4.78, 5) is 13.7. The van der Waals surface area contributed by atoms with Crippen LogP contribution < -0.4 is 16.4 Å². The Morgan fingerprint density at radius 1 is 0.907 bits per heavy atom. The fourth-order valence-corrected chi connectivity index (χ4v) is 6.88. The zero-order chi connectivity index (χ0) is 29.6. The van der Waals surface area contributed by atoms with Crippen LogP contribution in [0.4, 0.5) is 5.82 Å². The van der Waals surface area contributed by atoms with Crippen LogP contribution in [0, 0.1) is 5.92 Å². The molecule has 5 aromatic rings. The number of fused-ring (bicyclic) bond motifs is 1. The Balaban J connectivity index is 1.08. The van der Waals surface area contributed by atoms with Crippen molar-refractivity contribution < 1.29 is 10.2 Å². The molecule has 3 aromatic heterocycles. The van der Waals surface area contributed by atoms with Crippen molar-refractivity contribution in [1.82, 2.24) is 30.2 Å². The second-order valence-electron chi connectivity index (χ2n) is 11.3. The summed E-state index contributed by atoms with van der Waals surface area (Å²) in [5.74, 6) is 0.297. The van der Waals surface area contributed by atoms with E-state index in [0.29, 0.717) is 24.4 Å². The molecule has 2 aromatic carbocycles. The molecular formula is C33H39N7O2S. The lowest BCUT2D eigenvalue weighted by Crippen LogP contribution is -2.34. The van der Waals surface area contributed by atoms with E-state index in [0.717, 1.165) is 60.5 Å². The molecule has 43 heavy (non-hydrogen) atoms. The molecular weight excluding hydrogens is 558 g/mol. The van der Waals surface area contributed by atoms with Crippen LogP contribution in [0.15, 0.2) is 78.6 Å². The van der Waals surface area contributed by atoms with Gasteiger partial charge in [-0.05, 0) is 50.0 Å². The number of rotatable bonds is 13. The van der Waals surface area contributed by atoms with E-state index in [1.807, 2.05) is 35.0 Å². The predicted octanol–water partition coefficient (Wildman–Crippen LogP) is 3.82. The predicted molar refractivity (Wildman–Crippen MR) is 172 cm³/mol. The van der Waals surface area contributed by atoms with Crippen LogP contribution in [-0.4, -0.2) is 68.1 Å². The van der Waals surface area contributed by atoms with Gasteiger partial charge in [0.15, 0.2) is 0 Å². The SMILES string of the molecule is Nc1ncnc2c1c(-c1nc(Cc3ccccc3)cs1)cn2[C@@H]1C[C@H](CNCCCNCCc2ccccc2)[C@@H](O)[C@H]1O. The molecule has 9 nitrogen and oxygen atoms in total. The van der Waals surface area contributed by atoms with Crippen molar-refractivity contribution in [1.29, 1.82) is 0 Å². The number of aromatic nitrogens is 4. The molecule has 0 amide bonds. The number of thiazole rings is 1. The van der Waals surface area contributed by atoms with E-state index in [9.17, 15) is 10.2 Å². The second kappa shape index (κ2) is 13.7. The third kappa shape index (κ3) is 6.79. The first kappa shape index (κ1) is 29.4. The minimum Gasteiger partial charge on any atom is -0.390 e. The number of nitrogens with two attached hydrogens (primary N) is 1. The summed E-state index contributed by atoms with van der Waals surface area (Å²) >= 11 is 1.56. The van der Waals surface area contributed by atoms with Gasteiger partial charge in [0.1, 0.15) is 28.9 Å². The monoisotopic (exact) mass is 597 g/mol. The fourth-order valence-electron chi connectivity index (χ4n) is 6.05. The molecule has 6 rings (SSSR count). The normalized spacial score (nSPS) is 20.2. The summed E-state index contributed by atoms with van der Waals surface area (Å²) in [6.07, 6.45) is 5.04. The second-order valence-corrected chi connectivity index (χ2v) is 12.2. The van der Waals surface area contributed by atoms with Gasteiger partial charge in [0.2, 0.25) is 0 Å². The topological polar surface area (TPSA) is 134 Å². The van der Waals surface area contributed by atoms with Gasteiger partial charge in [0, 0.05) is 36.0 Å². The fraction of sp³-hybridized carbons (Fsp3) is 0.364. The van der Waals surface area contributed by atoms with Gasteiger partial charge in [0.25, 0.3) is 0 Å². The molecule has 224 valence electrons. The highest BCUT2D eigenvalue weighted by Crippen LogP contribution is 2.41. The molecule has 0 bridgehead atoms. The lowest BCUT2D eigenvalue weighted by molar-refractivity contribution is 0.00695. The first-order valence-corrected chi connectivity index (χ1v) is 15.9. The standard InChI is InChI=1S/C33H39N7O2S/c34-31-28-26(33-39-25(20-43-33)16-23-10-5-2-6-11-23)19-40(32(28)38-21-37-31)27-17-24(29(41)30(27)42)18-36-14-7-13-35-15-12-22-8-3-1-4-9-22/h1-6,8-11,19-21,24,27,29-30,35-36,41-42H,7,12-18H2,(H2,34,37,38)/t24-,27-,29-,30+/m1/s1. The van der Waals surface area contributed by atoms with Gasteiger partial charge in [-0.15, -0.1) is 11.3 Å². The Bertz CT molecular complexity index is 1610. The molecule has 0 spiro atoms. The highest BCUT2D eigenvalue weighted by atomic mass is 32.1. The first-order chi connectivity index (χ1) is 21.1. The molecule has 1 aliphatic rings. The lowest BCUT2D eigenvalue weighted by atomic mass is 10.1. The molecule has 3 heterocycles. The van der Waals surface area contributed by atoms with Gasteiger partial charge in [0.05, 0.1) is 23.2 Å². The maximum Gasteiger partial charge on any atom is 0.146 e. The molecule has 0 unspecified atom stereocenters. The van der Waals surface area contributed by atoms with Crippen molar-refractivity contribution in [3.05, 3.63) is 95.4 Å². The van der Waals surface area contributed by atoms with E-state index in [-0.39, 0.29) is 12.0 Å². The maximum absolute atomic E-state index is 11.2. The van der Waals surface area contributed by atoms with Gasteiger partial charge >= 0.3 is 0 Å². The van der Waals surface area contributed by atoms with Crippen LogP contribution in [0.3, 0.4) is 0 Å². The van der Waals surface area contributed by atoms with Crippen molar-refractivity contribution in [3.63, 3.8) is 0 Å². The number of nitrogens with zero attached hydrogens (tertiary/aromatic N) is 4. The summed E-state index contributed by atoms with van der Waals surface area (Å²) in [7, 11) is 0. The summed E-state index contributed by atoms with van der Waals surface area (Å²) < 4.78 is 1.96. The molecule has 1 saturated carbocycles. The number of nitrogens with one attached hydrogen (secondary N) is 2. The number of anilines is 1. The number of hydrogen-bond acceptors (Lipinski definition) is 9. The van der Waals surface area contributed by atoms with Gasteiger partial charge in [-0.25, -0.2) is 15.0 Å². The smallest absolute Gasteiger partial charge is 0.146 e. The number of aliphatic hydroxyl groups excluding tert-OH is 2. The zero-order valence-electron chi connectivity index (χ0n) is 24.1. The van der Waals surface area contributed by atoms with Gasteiger partial charge in [-0.2, -0.15) is 0 Å². The quantitative estimate of drug-likeness (QED) is 0.129. The van der Waals surface area contributed by atoms with Crippen molar-refractivity contribution in [2.45, 2.75) is 43.9 Å². The van der Waals surface area contributed by atoms with E-state index in [4.69, 9.17) is 10.7 Å². The van der Waals surface area contributed by atoms with Crippen LogP contribution in [0.5, 0.6) is 0 Å². The van der Waals surface area contributed by atoms with Crippen molar-refractivity contribution in [3.8, 4) is 10.6 Å². The third-order valence-corrected chi connectivity index (χ3v) is 9.25. The van der Waals surface area contributed by atoms with E-state index in [1.165, 1.54) is 17.5 Å². The molecule has 1 aliphatic carbocycles.